The van der Waals surface area contributed by atoms with Gasteiger partial charge in [0.2, 0.25) is 5.91 Å². The highest BCUT2D eigenvalue weighted by Gasteiger charge is 2.34. The van der Waals surface area contributed by atoms with Crippen molar-refractivity contribution in [3.05, 3.63) is 0 Å². The number of likely N-dealkylation sites (tertiary alicyclic amines) is 2. The second-order valence-corrected chi connectivity index (χ2v) is 10.3. The zero-order valence-electron chi connectivity index (χ0n) is 20.7. The van der Waals surface area contributed by atoms with Gasteiger partial charge in [-0.2, -0.15) is 0 Å². The third-order valence-corrected chi connectivity index (χ3v) is 7.72. The second kappa shape index (κ2) is 13.9. The smallest absolute Gasteiger partial charge is 0.305 e. The topological polar surface area (TPSA) is 132 Å². The van der Waals surface area contributed by atoms with Gasteiger partial charge in [0.1, 0.15) is 0 Å². The lowest BCUT2D eigenvalue weighted by Gasteiger charge is -2.39. The summed E-state index contributed by atoms with van der Waals surface area (Å²) >= 11 is 0. The van der Waals surface area contributed by atoms with Crippen molar-refractivity contribution in [3.63, 3.8) is 0 Å². The molecule has 0 aromatic rings. The van der Waals surface area contributed by atoms with Crippen LogP contribution in [0.1, 0.15) is 89.9 Å². The Balaban J connectivity index is 1.52. The van der Waals surface area contributed by atoms with Crippen molar-refractivity contribution in [2.24, 2.45) is 5.73 Å². The minimum atomic E-state index is -0.925. The van der Waals surface area contributed by atoms with Gasteiger partial charge in [-0.05, 0) is 51.4 Å². The molecule has 0 unspecified atom stereocenters. The van der Waals surface area contributed by atoms with E-state index in [1.807, 2.05) is 9.80 Å². The van der Waals surface area contributed by atoms with E-state index in [0.717, 1.165) is 77.3 Å². The van der Waals surface area contributed by atoms with Crippen molar-refractivity contribution in [3.8, 4) is 0 Å². The quantitative estimate of drug-likeness (QED) is 0.295. The van der Waals surface area contributed by atoms with Gasteiger partial charge >= 0.3 is 5.97 Å². The van der Waals surface area contributed by atoms with Crippen LogP contribution >= 0.6 is 0 Å². The maximum atomic E-state index is 13.6. The standard InChI is InChI=1S/C25H45N5O4/c26-25(27)29-15-11-21(12-16-29)34-17-13-20-10-6-7-14-30(20)24(33)22(18-23(31)32)28-19-8-4-2-1-3-5-9-19/h19-22,28H,1-18H2,(H3,26,27)(H,31,32)/t20-,22+/m1/s1. The fourth-order valence-electron chi connectivity index (χ4n) is 5.72. The molecule has 2 heterocycles. The average molecular weight is 480 g/mol. The van der Waals surface area contributed by atoms with Gasteiger partial charge in [-0.25, -0.2) is 0 Å². The van der Waals surface area contributed by atoms with E-state index in [0.29, 0.717) is 13.2 Å². The summed E-state index contributed by atoms with van der Waals surface area (Å²) in [6.07, 6.45) is 13.5. The molecule has 2 saturated heterocycles. The SMILES string of the molecule is N=C(N)N1CCC(OCC[C@H]2CCCCN2C(=O)[C@H](CC(=O)O)NC2CCCCCCC2)CC1. The number of ether oxygens (including phenoxy) is 1. The van der Waals surface area contributed by atoms with Crippen LogP contribution in [0.15, 0.2) is 0 Å². The largest absolute Gasteiger partial charge is 0.481 e. The first kappa shape index (κ1) is 26.7. The zero-order chi connectivity index (χ0) is 24.3. The number of carboxylic acids is 1. The summed E-state index contributed by atoms with van der Waals surface area (Å²) in [5.74, 6) is -0.854. The summed E-state index contributed by atoms with van der Waals surface area (Å²) < 4.78 is 6.13. The fraction of sp³-hybridized carbons (Fsp3) is 0.880. The van der Waals surface area contributed by atoms with E-state index < -0.39 is 12.0 Å². The molecule has 194 valence electrons. The number of aliphatic carboxylic acids is 1. The Morgan fingerprint density at radius 3 is 2.26 bits per heavy atom. The Morgan fingerprint density at radius 1 is 0.971 bits per heavy atom. The Hall–Kier alpha value is -1.87. The maximum Gasteiger partial charge on any atom is 0.305 e. The fourth-order valence-corrected chi connectivity index (χ4v) is 5.72. The number of carbonyl (C=O) groups excluding carboxylic acids is 1. The molecular formula is C25H45N5O4. The van der Waals surface area contributed by atoms with Gasteiger partial charge in [-0.1, -0.05) is 32.1 Å². The minimum Gasteiger partial charge on any atom is -0.481 e. The Bertz CT molecular complexity index is 660. The van der Waals surface area contributed by atoms with Crippen molar-refractivity contribution in [2.45, 2.75) is 114 Å². The number of piperidine rings is 2. The van der Waals surface area contributed by atoms with Crippen LogP contribution in [0.4, 0.5) is 0 Å². The number of rotatable bonds is 9. The number of carboxylic acid groups (broad SMARTS) is 1. The molecule has 3 rings (SSSR count). The zero-order valence-corrected chi connectivity index (χ0v) is 20.7. The Kier molecular flexibility index (Phi) is 10.9. The molecule has 34 heavy (non-hydrogen) atoms. The molecule has 3 fully saturated rings. The van der Waals surface area contributed by atoms with E-state index in [1.54, 1.807) is 0 Å². The van der Waals surface area contributed by atoms with Crippen LogP contribution < -0.4 is 11.1 Å². The number of guanidine groups is 1. The van der Waals surface area contributed by atoms with E-state index in [2.05, 4.69) is 5.32 Å². The van der Waals surface area contributed by atoms with E-state index >= 15 is 0 Å². The number of nitrogens with two attached hydrogens (primary N) is 1. The molecule has 1 aliphatic carbocycles. The number of hydrogen-bond acceptors (Lipinski definition) is 5. The number of nitrogens with zero attached hydrogens (tertiary/aromatic N) is 2. The lowest BCUT2D eigenvalue weighted by Crippen LogP contribution is -2.55. The van der Waals surface area contributed by atoms with Crippen molar-refractivity contribution < 1.29 is 19.4 Å². The van der Waals surface area contributed by atoms with Crippen LogP contribution in [0.2, 0.25) is 0 Å². The van der Waals surface area contributed by atoms with Gasteiger partial charge in [0, 0.05) is 38.3 Å². The molecule has 1 saturated carbocycles. The summed E-state index contributed by atoms with van der Waals surface area (Å²) in [5, 5.41) is 20.5. The second-order valence-electron chi connectivity index (χ2n) is 10.3. The van der Waals surface area contributed by atoms with Gasteiger partial charge in [-0.3, -0.25) is 15.0 Å². The Morgan fingerprint density at radius 2 is 1.62 bits per heavy atom. The lowest BCUT2D eigenvalue weighted by atomic mass is 9.94. The van der Waals surface area contributed by atoms with Crippen LogP contribution in [0.25, 0.3) is 0 Å². The van der Waals surface area contributed by atoms with E-state index in [-0.39, 0.29) is 36.5 Å². The summed E-state index contributed by atoms with van der Waals surface area (Å²) in [4.78, 5) is 29.0. The van der Waals surface area contributed by atoms with Crippen LogP contribution in [0.3, 0.4) is 0 Å². The van der Waals surface area contributed by atoms with E-state index in [9.17, 15) is 14.7 Å². The first-order chi connectivity index (χ1) is 16.4. The summed E-state index contributed by atoms with van der Waals surface area (Å²) in [6, 6.07) is -0.325. The molecule has 0 spiro atoms. The molecule has 2 atom stereocenters. The van der Waals surface area contributed by atoms with Gasteiger partial charge in [0.25, 0.3) is 0 Å². The highest BCUT2D eigenvalue weighted by molar-refractivity contribution is 5.86. The number of hydrogen-bond donors (Lipinski definition) is 4. The minimum absolute atomic E-state index is 0.0519. The molecule has 9 heteroatoms. The van der Waals surface area contributed by atoms with Crippen molar-refractivity contribution in [1.29, 1.82) is 5.41 Å². The monoisotopic (exact) mass is 479 g/mol. The van der Waals surface area contributed by atoms with Gasteiger partial charge in [-0.15, -0.1) is 0 Å². The maximum absolute atomic E-state index is 13.6. The van der Waals surface area contributed by atoms with Crippen LogP contribution in [0.5, 0.6) is 0 Å². The van der Waals surface area contributed by atoms with Crippen LogP contribution in [-0.2, 0) is 14.3 Å². The first-order valence-corrected chi connectivity index (χ1v) is 13.4. The van der Waals surface area contributed by atoms with Crippen LogP contribution in [0, 0.1) is 5.41 Å². The van der Waals surface area contributed by atoms with Crippen molar-refractivity contribution in [2.75, 3.05) is 26.2 Å². The lowest BCUT2D eigenvalue weighted by molar-refractivity contribution is -0.145. The normalized spacial score (nSPS) is 24.3. The average Bonchev–Trinajstić information content (AvgIpc) is 2.80. The number of amides is 1. The first-order valence-electron chi connectivity index (χ1n) is 13.4. The highest BCUT2D eigenvalue weighted by atomic mass is 16.5. The summed E-state index contributed by atoms with van der Waals surface area (Å²) in [6.45, 7) is 2.79. The molecule has 1 amide bonds. The highest BCUT2D eigenvalue weighted by Crippen LogP contribution is 2.24. The van der Waals surface area contributed by atoms with Gasteiger partial charge < -0.3 is 30.7 Å². The summed E-state index contributed by atoms with van der Waals surface area (Å²) in [5.41, 5.74) is 5.57. The number of carbonyl (C=O) groups is 2. The molecule has 3 aliphatic rings. The molecule has 0 aromatic heterocycles. The third-order valence-electron chi connectivity index (χ3n) is 7.72. The predicted octanol–water partition coefficient (Wildman–Crippen LogP) is 2.68. The molecule has 9 nitrogen and oxygen atoms in total. The molecule has 2 aliphatic heterocycles. The summed E-state index contributed by atoms with van der Waals surface area (Å²) in [7, 11) is 0. The van der Waals surface area contributed by atoms with Gasteiger partial charge in [0.15, 0.2) is 5.96 Å². The Labute approximate surface area is 204 Å². The molecule has 5 N–H and O–H groups in total. The molecular weight excluding hydrogens is 434 g/mol. The number of nitrogens with one attached hydrogen (secondary N) is 2. The van der Waals surface area contributed by atoms with E-state index in [4.69, 9.17) is 15.9 Å². The molecule has 0 aromatic carbocycles. The third kappa shape index (κ3) is 8.41. The molecule has 0 bridgehead atoms. The predicted molar refractivity (Wildman–Crippen MR) is 132 cm³/mol. The van der Waals surface area contributed by atoms with Gasteiger partial charge in [0.05, 0.1) is 18.6 Å². The van der Waals surface area contributed by atoms with E-state index in [1.165, 1.54) is 19.3 Å². The van der Waals surface area contributed by atoms with Crippen molar-refractivity contribution in [1.82, 2.24) is 15.1 Å². The van der Waals surface area contributed by atoms with Crippen molar-refractivity contribution >= 4 is 17.8 Å². The van der Waals surface area contributed by atoms with Crippen LogP contribution in [-0.4, -0.2) is 83.2 Å². The molecule has 0 radical (unpaired) electrons.